The van der Waals surface area contributed by atoms with Crippen LogP contribution in [-0.4, -0.2) is 11.3 Å². The first kappa shape index (κ1) is 16.2. The van der Waals surface area contributed by atoms with Crippen LogP contribution in [0.1, 0.15) is 17.8 Å². The Kier molecular flexibility index (Phi) is 4.47. The largest absolute Gasteiger partial charge is 0.573 e. The van der Waals surface area contributed by atoms with Gasteiger partial charge >= 0.3 is 12.5 Å². The molecule has 0 aliphatic heterocycles. The predicted octanol–water partition coefficient (Wildman–Crippen LogP) is 4.54. The van der Waals surface area contributed by atoms with Crippen LogP contribution in [0.4, 0.5) is 35.1 Å². The van der Waals surface area contributed by atoms with Crippen LogP contribution in [0.25, 0.3) is 0 Å². The Bertz CT molecular complexity index is 469. The predicted molar refractivity (Wildman–Crippen MR) is 53.6 cm³/mol. The summed E-state index contributed by atoms with van der Waals surface area (Å²) in [4.78, 5) is 2.48. The first-order valence-corrected chi connectivity index (χ1v) is 5.31. The van der Waals surface area contributed by atoms with Crippen molar-refractivity contribution < 1.29 is 39.9 Å². The van der Waals surface area contributed by atoms with Crippen molar-refractivity contribution >= 4 is 22.6 Å². The molecule has 0 fully saturated rings. The Labute approximate surface area is 113 Å². The third kappa shape index (κ3) is 4.31. The summed E-state index contributed by atoms with van der Waals surface area (Å²) < 4.78 is 100. The van der Waals surface area contributed by atoms with Gasteiger partial charge < -0.3 is 4.74 Å². The SMILES string of the molecule is FC(F)c1cc(I)c(OC(F)(F)F)c(C(F)(F)F)n1. The minimum absolute atomic E-state index is 0.390. The molecule has 2 nitrogen and oxygen atoms in total. The van der Waals surface area contributed by atoms with Crippen LogP contribution in [-0.2, 0) is 6.18 Å². The fourth-order valence-electron chi connectivity index (χ4n) is 1.04. The summed E-state index contributed by atoms with van der Waals surface area (Å²) in [6, 6.07) is 0.390. The average Bonchev–Trinajstić information content (AvgIpc) is 2.16. The van der Waals surface area contributed by atoms with Gasteiger partial charge in [-0.3, -0.25) is 0 Å². The molecule has 108 valence electrons. The molecule has 1 aromatic rings. The van der Waals surface area contributed by atoms with Gasteiger partial charge in [0.1, 0.15) is 5.69 Å². The lowest BCUT2D eigenvalue weighted by molar-refractivity contribution is -0.276. The van der Waals surface area contributed by atoms with Gasteiger partial charge in [-0.05, 0) is 28.7 Å². The summed E-state index contributed by atoms with van der Waals surface area (Å²) in [5.41, 5.74) is -3.43. The maximum atomic E-state index is 12.5. The lowest BCUT2D eigenvalue weighted by Gasteiger charge is -2.17. The van der Waals surface area contributed by atoms with E-state index in [9.17, 15) is 35.1 Å². The quantitative estimate of drug-likeness (QED) is 0.531. The summed E-state index contributed by atoms with van der Waals surface area (Å²) in [6.45, 7) is 0. The molecule has 0 saturated heterocycles. The van der Waals surface area contributed by atoms with Crippen molar-refractivity contribution in [3.8, 4) is 5.75 Å². The maximum absolute atomic E-state index is 12.5. The monoisotopic (exact) mass is 407 g/mol. The lowest BCUT2D eigenvalue weighted by atomic mass is 10.2. The fourth-order valence-corrected chi connectivity index (χ4v) is 1.72. The summed E-state index contributed by atoms with van der Waals surface area (Å²) in [6.07, 6.45) is -14.1. The van der Waals surface area contributed by atoms with Gasteiger partial charge in [-0.25, -0.2) is 13.8 Å². The molecule has 0 spiro atoms. The second-order valence-electron chi connectivity index (χ2n) is 3.05. The molecular weight excluding hydrogens is 405 g/mol. The molecule has 0 aromatic carbocycles. The lowest BCUT2D eigenvalue weighted by Crippen LogP contribution is -2.22. The normalized spacial score (nSPS) is 12.9. The molecule has 1 aromatic heterocycles. The zero-order chi connectivity index (χ0) is 15.0. The Morgan fingerprint density at radius 1 is 1.11 bits per heavy atom. The van der Waals surface area contributed by atoms with Gasteiger partial charge in [-0.1, -0.05) is 0 Å². The fraction of sp³-hybridized carbons (Fsp3) is 0.375. The van der Waals surface area contributed by atoms with Crippen molar-refractivity contribution in [2.24, 2.45) is 0 Å². The van der Waals surface area contributed by atoms with Crippen LogP contribution in [0.2, 0.25) is 0 Å². The zero-order valence-electron chi connectivity index (χ0n) is 8.41. The Hall–Kier alpha value is -0.880. The van der Waals surface area contributed by atoms with Crippen LogP contribution < -0.4 is 4.74 Å². The van der Waals surface area contributed by atoms with Gasteiger partial charge in [0.05, 0.1) is 3.57 Å². The molecule has 0 aliphatic rings. The van der Waals surface area contributed by atoms with E-state index in [4.69, 9.17) is 0 Å². The van der Waals surface area contributed by atoms with E-state index in [0.717, 1.165) is 22.6 Å². The summed E-state index contributed by atoms with van der Waals surface area (Å²) in [5, 5.41) is 0. The number of halogens is 9. The van der Waals surface area contributed by atoms with E-state index in [1.54, 1.807) is 0 Å². The highest BCUT2D eigenvalue weighted by Gasteiger charge is 2.42. The Morgan fingerprint density at radius 2 is 1.63 bits per heavy atom. The molecule has 1 rings (SSSR count). The van der Waals surface area contributed by atoms with Crippen molar-refractivity contribution in [1.82, 2.24) is 4.98 Å². The van der Waals surface area contributed by atoms with E-state index >= 15 is 0 Å². The molecule has 0 aliphatic carbocycles. The average molecular weight is 407 g/mol. The van der Waals surface area contributed by atoms with Gasteiger partial charge in [0, 0.05) is 0 Å². The standard InChI is InChI=1S/C8H2F8INO/c9-6(10)3-1-2(17)4(19-8(14,15)16)5(18-3)7(11,12)13/h1,6H. The molecule has 0 saturated carbocycles. The molecule has 11 heteroatoms. The van der Waals surface area contributed by atoms with Gasteiger partial charge in [-0.15, -0.1) is 13.2 Å². The van der Waals surface area contributed by atoms with Gasteiger partial charge in [0.2, 0.25) is 0 Å². The molecule has 0 unspecified atom stereocenters. The van der Waals surface area contributed by atoms with Crippen LogP contribution in [0.3, 0.4) is 0 Å². The maximum Gasteiger partial charge on any atom is 0.573 e. The third-order valence-corrected chi connectivity index (χ3v) is 2.46. The van der Waals surface area contributed by atoms with Crippen molar-refractivity contribution in [3.05, 3.63) is 21.0 Å². The second-order valence-corrected chi connectivity index (χ2v) is 4.22. The van der Waals surface area contributed by atoms with Crippen molar-refractivity contribution in [1.29, 1.82) is 0 Å². The topological polar surface area (TPSA) is 22.1 Å². The first-order valence-electron chi connectivity index (χ1n) is 4.23. The number of aromatic nitrogens is 1. The Balaban J connectivity index is 3.44. The van der Waals surface area contributed by atoms with E-state index in [0.29, 0.717) is 6.07 Å². The summed E-state index contributed by atoms with van der Waals surface area (Å²) in [7, 11) is 0. The summed E-state index contributed by atoms with van der Waals surface area (Å²) in [5.74, 6) is -1.65. The highest BCUT2D eigenvalue weighted by atomic mass is 127. The van der Waals surface area contributed by atoms with Crippen LogP contribution in [0.5, 0.6) is 5.75 Å². The van der Waals surface area contributed by atoms with Crippen LogP contribution >= 0.6 is 22.6 Å². The molecule has 1 heterocycles. The van der Waals surface area contributed by atoms with Gasteiger partial charge in [-0.2, -0.15) is 13.2 Å². The number of hydrogen-bond donors (Lipinski definition) is 0. The number of pyridine rings is 1. The van der Waals surface area contributed by atoms with Crippen LogP contribution in [0, 0.1) is 3.57 Å². The number of ether oxygens (including phenoxy) is 1. The first-order chi connectivity index (χ1) is 8.42. The minimum Gasteiger partial charge on any atom is -0.402 e. The van der Waals surface area contributed by atoms with Crippen molar-refractivity contribution in [2.45, 2.75) is 19.0 Å². The third-order valence-electron chi connectivity index (χ3n) is 1.66. The highest BCUT2D eigenvalue weighted by molar-refractivity contribution is 14.1. The molecule has 19 heavy (non-hydrogen) atoms. The van der Waals surface area contributed by atoms with Crippen molar-refractivity contribution in [2.75, 3.05) is 0 Å². The molecule has 0 atom stereocenters. The second kappa shape index (κ2) is 5.25. The summed E-state index contributed by atoms with van der Waals surface area (Å²) >= 11 is 1.03. The van der Waals surface area contributed by atoms with Crippen LogP contribution in [0.15, 0.2) is 6.07 Å². The molecule has 0 N–H and O–H groups in total. The number of nitrogens with zero attached hydrogens (tertiary/aromatic N) is 1. The van der Waals surface area contributed by atoms with E-state index in [2.05, 4.69) is 9.72 Å². The van der Waals surface area contributed by atoms with E-state index in [1.807, 2.05) is 0 Å². The highest BCUT2D eigenvalue weighted by Crippen LogP contribution is 2.41. The molecular formula is C8H2F8INO. The number of hydrogen-bond acceptors (Lipinski definition) is 2. The number of rotatable bonds is 2. The number of alkyl halides is 8. The van der Waals surface area contributed by atoms with E-state index in [-0.39, 0.29) is 0 Å². The molecule has 0 radical (unpaired) electrons. The molecule has 0 amide bonds. The smallest absolute Gasteiger partial charge is 0.402 e. The van der Waals surface area contributed by atoms with Gasteiger partial charge in [0.25, 0.3) is 6.43 Å². The van der Waals surface area contributed by atoms with Gasteiger partial charge in [0.15, 0.2) is 11.4 Å². The zero-order valence-corrected chi connectivity index (χ0v) is 10.6. The van der Waals surface area contributed by atoms with E-state index in [1.165, 1.54) is 0 Å². The Morgan fingerprint density at radius 3 is 2.00 bits per heavy atom. The molecule has 0 bridgehead atoms. The minimum atomic E-state index is -5.39. The van der Waals surface area contributed by atoms with E-state index < -0.39 is 39.7 Å². The van der Waals surface area contributed by atoms with Crippen molar-refractivity contribution in [3.63, 3.8) is 0 Å².